The van der Waals surface area contributed by atoms with Crippen LogP contribution < -0.4 is 0 Å². The zero-order valence-electron chi connectivity index (χ0n) is 11.5. The van der Waals surface area contributed by atoms with Gasteiger partial charge in [0.15, 0.2) is 5.78 Å². The van der Waals surface area contributed by atoms with E-state index in [4.69, 9.17) is 0 Å². The summed E-state index contributed by atoms with van der Waals surface area (Å²) in [5.41, 5.74) is 1.35. The molecule has 0 amide bonds. The highest BCUT2D eigenvalue weighted by molar-refractivity contribution is 6.14. The van der Waals surface area contributed by atoms with Crippen LogP contribution in [0.3, 0.4) is 0 Å². The summed E-state index contributed by atoms with van der Waals surface area (Å²) in [6.45, 7) is 8.59. The van der Waals surface area contributed by atoms with Gasteiger partial charge in [0, 0.05) is 11.0 Å². The van der Waals surface area contributed by atoms with Crippen LogP contribution in [0, 0.1) is 19.3 Å². The van der Waals surface area contributed by atoms with E-state index in [0.29, 0.717) is 0 Å². The SMILES string of the molecule is Cc1ccc(C(=O)C(F)C(=O)C(C)(C)C)cc1C. The number of rotatable bonds is 3. The van der Waals surface area contributed by atoms with Gasteiger partial charge >= 0.3 is 0 Å². The molecule has 1 atom stereocenters. The maximum atomic E-state index is 13.9. The second kappa shape index (κ2) is 5.01. The van der Waals surface area contributed by atoms with Crippen LogP contribution in [0.1, 0.15) is 42.3 Å². The smallest absolute Gasteiger partial charge is 0.221 e. The molecule has 0 aromatic heterocycles. The predicted octanol–water partition coefficient (Wildman–Crippen LogP) is 3.44. The van der Waals surface area contributed by atoms with Crippen LogP contribution in [-0.4, -0.2) is 17.7 Å². The average Bonchev–Trinajstić information content (AvgIpc) is 2.28. The number of ketones is 2. The van der Waals surface area contributed by atoms with E-state index in [9.17, 15) is 14.0 Å². The van der Waals surface area contributed by atoms with Crippen molar-refractivity contribution in [3.8, 4) is 0 Å². The number of hydrogen-bond donors (Lipinski definition) is 0. The minimum absolute atomic E-state index is 0.253. The minimum Gasteiger partial charge on any atom is -0.295 e. The van der Waals surface area contributed by atoms with Crippen LogP contribution in [0.15, 0.2) is 18.2 Å². The Labute approximate surface area is 107 Å². The quantitative estimate of drug-likeness (QED) is 0.608. The van der Waals surface area contributed by atoms with E-state index < -0.39 is 23.2 Å². The highest BCUT2D eigenvalue weighted by Gasteiger charge is 2.35. The third kappa shape index (κ3) is 3.03. The van der Waals surface area contributed by atoms with E-state index in [1.807, 2.05) is 13.8 Å². The Morgan fingerprint density at radius 3 is 2.11 bits per heavy atom. The lowest BCUT2D eigenvalue weighted by Crippen LogP contribution is -2.35. The van der Waals surface area contributed by atoms with Gasteiger partial charge in [-0.3, -0.25) is 9.59 Å². The number of alkyl halides is 1. The fourth-order valence-electron chi connectivity index (χ4n) is 1.54. The van der Waals surface area contributed by atoms with Crippen LogP contribution in [0.25, 0.3) is 0 Å². The van der Waals surface area contributed by atoms with Crippen LogP contribution in [0.5, 0.6) is 0 Å². The van der Waals surface area contributed by atoms with E-state index in [1.165, 1.54) is 0 Å². The lowest BCUT2D eigenvalue weighted by Gasteiger charge is -2.18. The predicted molar refractivity (Wildman–Crippen MR) is 69.6 cm³/mol. The second-order valence-corrected chi connectivity index (χ2v) is 5.64. The van der Waals surface area contributed by atoms with E-state index in [-0.39, 0.29) is 5.56 Å². The van der Waals surface area contributed by atoms with Crippen molar-refractivity contribution in [2.24, 2.45) is 5.41 Å². The van der Waals surface area contributed by atoms with Gasteiger partial charge in [-0.25, -0.2) is 4.39 Å². The highest BCUT2D eigenvalue weighted by Crippen LogP contribution is 2.21. The number of Topliss-reactive ketones (excluding diaryl/α,β-unsaturated/α-hetero) is 2. The molecule has 0 N–H and O–H groups in total. The summed E-state index contributed by atoms with van der Waals surface area (Å²) in [7, 11) is 0. The van der Waals surface area contributed by atoms with Crippen molar-refractivity contribution in [1.82, 2.24) is 0 Å². The molecule has 0 bridgehead atoms. The first-order chi connectivity index (χ1) is 8.14. The molecule has 3 heteroatoms. The maximum absolute atomic E-state index is 13.9. The summed E-state index contributed by atoms with van der Waals surface area (Å²) in [6, 6.07) is 4.95. The van der Waals surface area contributed by atoms with Crippen molar-refractivity contribution in [2.45, 2.75) is 40.8 Å². The minimum atomic E-state index is -2.08. The summed E-state index contributed by atoms with van der Waals surface area (Å²) in [4.78, 5) is 23.6. The topological polar surface area (TPSA) is 34.1 Å². The zero-order valence-corrected chi connectivity index (χ0v) is 11.5. The van der Waals surface area contributed by atoms with E-state index >= 15 is 0 Å². The Bertz CT molecular complexity index is 484. The lowest BCUT2D eigenvalue weighted by molar-refractivity contribution is -0.129. The summed E-state index contributed by atoms with van der Waals surface area (Å²) in [5, 5.41) is 0. The first-order valence-electron chi connectivity index (χ1n) is 5.94. The van der Waals surface area contributed by atoms with E-state index in [1.54, 1.807) is 39.0 Å². The Morgan fingerprint density at radius 2 is 1.67 bits per heavy atom. The van der Waals surface area contributed by atoms with Gasteiger partial charge in [-0.15, -0.1) is 0 Å². The monoisotopic (exact) mass is 250 g/mol. The number of carbonyl (C=O) groups excluding carboxylic acids is 2. The molecule has 0 saturated carbocycles. The molecule has 0 radical (unpaired) electrons. The van der Waals surface area contributed by atoms with Crippen molar-refractivity contribution in [3.63, 3.8) is 0 Å². The molecule has 1 unspecified atom stereocenters. The van der Waals surface area contributed by atoms with Crippen molar-refractivity contribution in [1.29, 1.82) is 0 Å². The Hall–Kier alpha value is -1.51. The number of halogens is 1. The standard InChI is InChI=1S/C15H19FO2/c1-9-6-7-11(8-10(9)2)13(17)12(16)14(18)15(3,4)5/h6-8,12H,1-5H3. The largest absolute Gasteiger partial charge is 0.295 e. The third-order valence-electron chi connectivity index (χ3n) is 2.99. The normalized spacial score (nSPS) is 13.2. The number of carbonyl (C=O) groups is 2. The van der Waals surface area contributed by atoms with Gasteiger partial charge in [0.2, 0.25) is 12.0 Å². The average molecular weight is 250 g/mol. The van der Waals surface area contributed by atoms with Gasteiger partial charge in [0.25, 0.3) is 0 Å². The molecule has 2 nitrogen and oxygen atoms in total. The second-order valence-electron chi connectivity index (χ2n) is 5.64. The molecule has 0 aliphatic heterocycles. The molecular weight excluding hydrogens is 231 g/mol. The van der Waals surface area contributed by atoms with Crippen LogP contribution in [-0.2, 0) is 4.79 Å². The molecule has 18 heavy (non-hydrogen) atoms. The first-order valence-corrected chi connectivity index (χ1v) is 5.94. The fraction of sp³-hybridized carbons (Fsp3) is 0.467. The van der Waals surface area contributed by atoms with Crippen LogP contribution >= 0.6 is 0 Å². The van der Waals surface area contributed by atoms with E-state index in [0.717, 1.165) is 11.1 Å². The maximum Gasteiger partial charge on any atom is 0.221 e. The molecule has 0 aliphatic rings. The van der Waals surface area contributed by atoms with Crippen LogP contribution in [0.4, 0.5) is 4.39 Å². The molecule has 98 valence electrons. The first kappa shape index (κ1) is 14.6. The molecule has 1 aromatic rings. The van der Waals surface area contributed by atoms with Gasteiger partial charge < -0.3 is 0 Å². The van der Waals surface area contributed by atoms with Gasteiger partial charge in [-0.1, -0.05) is 32.9 Å². The van der Waals surface area contributed by atoms with Gasteiger partial charge in [0.05, 0.1) is 0 Å². The Balaban J connectivity index is 3.00. The van der Waals surface area contributed by atoms with Crippen LogP contribution in [0.2, 0.25) is 0 Å². The Kier molecular flexibility index (Phi) is 4.05. The van der Waals surface area contributed by atoms with Crippen molar-refractivity contribution < 1.29 is 14.0 Å². The number of aryl methyl sites for hydroxylation is 2. The summed E-state index contributed by atoms with van der Waals surface area (Å²) in [6.07, 6.45) is -2.08. The van der Waals surface area contributed by atoms with Crippen molar-refractivity contribution in [3.05, 3.63) is 34.9 Å². The van der Waals surface area contributed by atoms with Crippen molar-refractivity contribution in [2.75, 3.05) is 0 Å². The molecule has 0 heterocycles. The molecule has 0 aliphatic carbocycles. The van der Waals surface area contributed by atoms with Gasteiger partial charge in [-0.05, 0) is 31.0 Å². The highest BCUT2D eigenvalue weighted by atomic mass is 19.1. The third-order valence-corrected chi connectivity index (χ3v) is 2.99. The summed E-state index contributed by atoms with van der Waals surface area (Å²) >= 11 is 0. The molecule has 0 fully saturated rings. The van der Waals surface area contributed by atoms with Gasteiger partial charge in [0.1, 0.15) is 0 Å². The molecule has 0 spiro atoms. The molecular formula is C15H19FO2. The number of benzene rings is 1. The molecule has 1 rings (SSSR count). The van der Waals surface area contributed by atoms with Crippen molar-refractivity contribution >= 4 is 11.6 Å². The number of hydrogen-bond acceptors (Lipinski definition) is 2. The fourth-order valence-corrected chi connectivity index (χ4v) is 1.54. The summed E-state index contributed by atoms with van der Waals surface area (Å²) < 4.78 is 13.9. The zero-order chi connectivity index (χ0) is 14.1. The molecule has 1 aromatic carbocycles. The van der Waals surface area contributed by atoms with Gasteiger partial charge in [-0.2, -0.15) is 0 Å². The van der Waals surface area contributed by atoms with E-state index in [2.05, 4.69) is 0 Å². The lowest BCUT2D eigenvalue weighted by atomic mass is 9.85. The molecule has 0 saturated heterocycles. The summed E-state index contributed by atoms with van der Waals surface area (Å²) in [5.74, 6) is -1.43. The Morgan fingerprint density at radius 1 is 1.11 bits per heavy atom.